The molecule has 2 N–H and O–H groups in total. The maximum absolute atomic E-state index is 12.6. The van der Waals surface area contributed by atoms with Crippen LogP contribution in [0.5, 0.6) is 0 Å². The number of amides is 1. The van der Waals surface area contributed by atoms with Crippen LogP contribution < -0.4 is 10.6 Å². The van der Waals surface area contributed by atoms with Crippen LogP contribution in [0, 0.1) is 13.8 Å². The molecule has 0 aliphatic rings. The van der Waals surface area contributed by atoms with E-state index in [0.717, 1.165) is 11.3 Å². The lowest BCUT2D eigenvalue weighted by Gasteiger charge is -2.22. The highest BCUT2D eigenvalue weighted by atomic mass is 16.2. The Bertz CT molecular complexity index is 617. The minimum absolute atomic E-state index is 0.0612. The number of nitrogen functional groups attached to an aromatic ring is 1. The molecule has 0 aromatic heterocycles. The summed E-state index contributed by atoms with van der Waals surface area (Å²) in [6, 6.07) is 13.5. The lowest BCUT2D eigenvalue weighted by molar-refractivity contribution is 0.0989. The van der Waals surface area contributed by atoms with Crippen LogP contribution in [0.1, 0.15) is 28.4 Å². The number of carbonyl (C=O) groups is 1. The maximum atomic E-state index is 12.6. The number of aryl methyl sites for hydroxylation is 2. The molecule has 0 unspecified atom stereocenters. The van der Waals surface area contributed by atoms with Gasteiger partial charge in [0.05, 0.1) is 5.56 Å². The molecule has 0 heterocycles. The Morgan fingerprint density at radius 1 is 1.05 bits per heavy atom. The van der Waals surface area contributed by atoms with Gasteiger partial charge in [0.2, 0.25) is 0 Å². The van der Waals surface area contributed by atoms with E-state index in [1.54, 1.807) is 11.0 Å². The third-order valence-corrected chi connectivity index (χ3v) is 3.34. The molecule has 0 radical (unpaired) electrons. The summed E-state index contributed by atoms with van der Waals surface area (Å²) in [5.74, 6) is -0.0612. The van der Waals surface area contributed by atoms with Gasteiger partial charge < -0.3 is 10.6 Å². The van der Waals surface area contributed by atoms with E-state index in [1.807, 2.05) is 57.2 Å². The van der Waals surface area contributed by atoms with Crippen LogP contribution in [0.25, 0.3) is 0 Å². The highest BCUT2D eigenvalue weighted by Crippen LogP contribution is 2.21. The molecular weight excluding hydrogens is 248 g/mol. The van der Waals surface area contributed by atoms with Crippen molar-refractivity contribution in [2.24, 2.45) is 0 Å². The van der Waals surface area contributed by atoms with Gasteiger partial charge in [-0.2, -0.15) is 0 Å². The van der Waals surface area contributed by atoms with Crippen molar-refractivity contribution in [2.75, 3.05) is 17.2 Å². The summed E-state index contributed by atoms with van der Waals surface area (Å²) >= 11 is 0. The monoisotopic (exact) mass is 268 g/mol. The molecule has 0 saturated carbocycles. The lowest BCUT2D eigenvalue weighted by atomic mass is 10.1. The van der Waals surface area contributed by atoms with Gasteiger partial charge in [0.15, 0.2) is 0 Å². The number of hydrogen-bond donors (Lipinski definition) is 1. The van der Waals surface area contributed by atoms with E-state index in [4.69, 9.17) is 5.73 Å². The average molecular weight is 268 g/mol. The van der Waals surface area contributed by atoms with Crippen molar-refractivity contribution < 1.29 is 4.79 Å². The molecule has 0 bridgehead atoms. The van der Waals surface area contributed by atoms with Gasteiger partial charge in [-0.15, -0.1) is 0 Å². The highest BCUT2D eigenvalue weighted by molar-refractivity contribution is 6.09. The van der Waals surface area contributed by atoms with Crippen molar-refractivity contribution in [2.45, 2.75) is 20.8 Å². The van der Waals surface area contributed by atoms with Crippen molar-refractivity contribution in [3.63, 3.8) is 0 Å². The summed E-state index contributed by atoms with van der Waals surface area (Å²) in [7, 11) is 0. The third-order valence-electron chi connectivity index (χ3n) is 3.34. The molecule has 0 fully saturated rings. The average Bonchev–Trinajstić information content (AvgIpc) is 2.41. The molecular formula is C17H20N2O. The van der Waals surface area contributed by atoms with E-state index in [2.05, 4.69) is 0 Å². The zero-order chi connectivity index (χ0) is 14.7. The van der Waals surface area contributed by atoms with Crippen molar-refractivity contribution in [1.29, 1.82) is 0 Å². The van der Waals surface area contributed by atoms with Crippen LogP contribution in [-0.4, -0.2) is 12.5 Å². The predicted octanol–water partition coefficient (Wildman–Crippen LogP) is 3.55. The van der Waals surface area contributed by atoms with Gasteiger partial charge in [-0.1, -0.05) is 23.8 Å². The summed E-state index contributed by atoms with van der Waals surface area (Å²) in [6.07, 6.45) is 0. The normalized spacial score (nSPS) is 10.3. The Balaban J connectivity index is 2.36. The van der Waals surface area contributed by atoms with Gasteiger partial charge in [0, 0.05) is 17.9 Å². The minimum Gasteiger partial charge on any atom is -0.398 e. The zero-order valence-corrected chi connectivity index (χ0v) is 12.2. The SMILES string of the molecule is CCN(C(=O)c1ccc(C)cc1N)c1ccc(C)cc1. The molecule has 0 spiro atoms. The van der Waals surface area contributed by atoms with E-state index >= 15 is 0 Å². The number of nitrogens with two attached hydrogens (primary N) is 1. The molecule has 104 valence electrons. The first-order valence-electron chi connectivity index (χ1n) is 6.77. The molecule has 3 heteroatoms. The van der Waals surface area contributed by atoms with Crippen molar-refractivity contribution in [3.8, 4) is 0 Å². The number of rotatable bonds is 3. The molecule has 2 rings (SSSR count). The van der Waals surface area contributed by atoms with Gasteiger partial charge >= 0.3 is 0 Å². The molecule has 0 atom stereocenters. The fraction of sp³-hybridized carbons (Fsp3) is 0.235. The molecule has 0 aliphatic heterocycles. The number of anilines is 2. The summed E-state index contributed by atoms with van der Waals surface area (Å²) < 4.78 is 0. The highest BCUT2D eigenvalue weighted by Gasteiger charge is 2.18. The molecule has 2 aromatic carbocycles. The summed E-state index contributed by atoms with van der Waals surface area (Å²) in [5.41, 5.74) is 10.2. The number of benzene rings is 2. The first-order valence-corrected chi connectivity index (χ1v) is 6.77. The quantitative estimate of drug-likeness (QED) is 0.865. The second-order valence-electron chi connectivity index (χ2n) is 4.98. The second-order valence-corrected chi connectivity index (χ2v) is 4.98. The van der Waals surface area contributed by atoms with Gasteiger partial charge in [0.25, 0.3) is 5.91 Å². The molecule has 1 amide bonds. The Labute approximate surface area is 120 Å². The Morgan fingerprint density at radius 3 is 2.20 bits per heavy atom. The van der Waals surface area contributed by atoms with Crippen LogP contribution in [0.2, 0.25) is 0 Å². The molecule has 0 aliphatic carbocycles. The van der Waals surface area contributed by atoms with Gasteiger partial charge in [-0.25, -0.2) is 0 Å². The standard InChI is InChI=1S/C17H20N2O/c1-4-19(14-8-5-12(2)6-9-14)17(20)15-10-7-13(3)11-16(15)18/h5-11H,4,18H2,1-3H3. The maximum Gasteiger partial charge on any atom is 0.260 e. The van der Waals surface area contributed by atoms with Crippen LogP contribution in [0.15, 0.2) is 42.5 Å². The minimum atomic E-state index is -0.0612. The third kappa shape index (κ3) is 2.82. The van der Waals surface area contributed by atoms with Crippen LogP contribution in [0.4, 0.5) is 11.4 Å². The number of carbonyl (C=O) groups excluding carboxylic acids is 1. The smallest absolute Gasteiger partial charge is 0.260 e. The lowest BCUT2D eigenvalue weighted by Crippen LogP contribution is -2.31. The van der Waals surface area contributed by atoms with Crippen LogP contribution in [-0.2, 0) is 0 Å². The topological polar surface area (TPSA) is 46.3 Å². The molecule has 20 heavy (non-hydrogen) atoms. The van der Waals surface area contributed by atoms with E-state index in [1.165, 1.54) is 5.56 Å². The summed E-state index contributed by atoms with van der Waals surface area (Å²) in [6.45, 7) is 6.55. The first kappa shape index (κ1) is 14.1. The van der Waals surface area contributed by atoms with Crippen molar-refractivity contribution in [1.82, 2.24) is 0 Å². The van der Waals surface area contributed by atoms with Crippen molar-refractivity contribution >= 4 is 17.3 Å². The Kier molecular flexibility index (Phi) is 4.08. The largest absolute Gasteiger partial charge is 0.398 e. The summed E-state index contributed by atoms with van der Waals surface area (Å²) in [5, 5.41) is 0. The molecule has 2 aromatic rings. The second kappa shape index (κ2) is 5.78. The van der Waals surface area contributed by atoms with Crippen molar-refractivity contribution in [3.05, 3.63) is 59.2 Å². The van der Waals surface area contributed by atoms with E-state index in [9.17, 15) is 4.79 Å². The number of nitrogens with zero attached hydrogens (tertiary/aromatic N) is 1. The predicted molar refractivity (Wildman–Crippen MR) is 84.1 cm³/mol. The Morgan fingerprint density at radius 2 is 1.65 bits per heavy atom. The Hall–Kier alpha value is -2.29. The van der Waals surface area contributed by atoms with E-state index < -0.39 is 0 Å². The zero-order valence-electron chi connectivity index (χ0n) is 12.2. The molecule has 0 saturated heterocycles. The van der Waals surface area contributed by atoms with Gasteiger partial charge in [-0.3, -0.25) is 4.79 Å². The fourth-order valence-electron chi connectivity index (χ4n) is 2.19. The fourth-order valence-corrected chi connectivity index (χ4v) is 2.19. The van der Waals surface area contributed by atoms with E-state index in [0.29, 0.717) is 17.8 Å². The van der Waals surface area contributed by atoms with Crippen LogP contribution >= 0.6 is 0 Å². The first-order chi connectivity index (χ1) is 9.52. The summed E-state index contributed by atoms with van der Waals surface area (Å²) in [4.78, 5) is 14.4. The molecule has 3 nitrogen and oxygen atoms in total. The van der Waals surface area contributed by atoms with E-state index in [-0.39, 0.29) is 5.91 Å². The van der Waals surface area contributed by atoms with Crippen LogP contribution in [0.3, 0.4) is 0 Å². The number of hydrogen-bond acceptors (Lipinski definition) is 2. The van der Waals surface area contributed by atoms with Gasteiger partial charge in [0.1, 0.15) is 0 Å². The van der Waals surface area contributed by atoms with Gasteiger partial charge in [-0.05, 0) is 50.6 Å².